The van der Waals surface area contributed by atoms with E-state index < -0.39 is 15.9 Å². The largest absolute Gasteiger partial charge is 0.358 e. The minimum atomic E-state index is -3.75. The first kappa shape index (κ1) is 26.2. The van der Waals surface area contributed by atoms with E-state index in [-0.39, 0.29) is 17.3 Å². The molecule has 3 N–H and O–H groups in total. The molecule has 2 heterocycles. The van der Waals surface area contributed by atoms with E-state index in [0.717, 1.165) is 34.1 Å². The Kier molecular flexibility index (Phi) is 8.52. The average Bonchev–Trinajstić information content (AvgIpc) is 3.49. The number of hydrogen-bond acceptors (Lipinski definition) is 5. The van der Waals surface area contributed by atoms with Gasteiger partial charge in [0.15, 0.2) is 0 Å². The molecule has 4 aromatic rings. The quantitative estimate of drug-likeness (QED) is 0.179. The molecule has 2 aromatic carbocycles. The van der Waals surface area contributed by atoms with Crippen LogP contribution in [0.15, 0.2) is 84.0 Å². The van der Waals surface area contributed by atoms with E-state index in [1.807, 2.05) is 31.3 Å². The Morgan fingerprint density at radius 1 is 1.14 bits per heavy atom. The number of carbonyl (C=O) groups is 1. The van der Waals surface area contributed by atoms with E-state index in [1.165, 1.54) is 35.0 Å². The molecule has 184 valence electrons. The summed E-state index contributed by atoms with van der Waals surface area (Å²) in [7, 11) is -1.71. The van der Waals surface area contributed by atoms with Gasteiger partial charge in [-0.25, -0.2) is 17.9 Å². The minimum Gasteiger partial charge on any atom is -0.358 e. The van der Waals surface area contributed by atoms with Crippen molar-refractivity contribution in [2.45, 2.75) is 17.9 Å². The highest BCUT2D eigenvalue weighted by molar-refractivity contribution is 7.90. The van der Waals surface area contributed by atoms with E-state index in [0.29, 0.717) is 12.1 Å². The van der Waals surface area contributed by atoms with Crippen molar-refractivity contribution in [1.29, 1.82) is 0 Å². The van der Waals surface area contributed by atoms with Crippen LogP contribution in [0.2, 0.25) is 0 Å². The number of carbonyl (C=O) groups excluding carboxylic acids is 1. The zero-order valence-corrected chi connectivity index (χ0v) is 20.7. The third-order valence-corrected chi connectivity index (χ3v) is 7.18. The van der Waals surface area contributed by atoms with Crippen LogP contribution in [0, 0.1) is 0 Å². The van der Waals surface area contributed by atoms with Gasteiger partial charge in [-0.1, -0.05) is 30.3 Å². The Hall–Kier alpha value is -3.37. The molecule has 0 bridgehead atoms. The fraction of sp³-hybridized carbons (Fsp3) is 0.160. The van der Waals surface area contributed by atoms with Gasteiger partial charge in [-0.3, -0.25) is 10.0 Å². The predicted molar refractivity (Wildman–Crippen MR) is 138 cm³/mol. The van der Waals surface area contributed by atoms with Crippen LogP contribution < -0.4 is 5.48 Å². The summed E-state index contributed by atoms with van der Waals surface area (Å²) < 4.78 is 26.9. The summed E-state index contributed by atoms with van der Waals surface area (Å²) in [5.74, 6) is -0.697. The van der Waals surface area contributed by atoms with Gasteiger partial charge in [0, 0.05) is 49.2 Å². The van der Waals surface area contributed by atoms with Crippen LogP contribution in [-0.4, -0.2) is 47.0 Å². The molecule has 0 fully saturated rings. The molecular weight excluding hydrogens is 488 g/mol. The van der Waals surface area contributed by atoms with E-state index in [2.05, 4.69) is 28.1 Å². The van der Waals surface area contributed by atoms with Gasteiger partial charge in [-0.05, 0) is 60.0 Å². The molecule has 35 heavy (non-hydrogen) atoms. The summed E-state index contributed by atoms with van der Waals surface area (Å²) in [6, 6.07) is 18.8. The fourth-order valence-corrected chi connectivity index (χ4v) is 4.91. The molecule has 0 aliphatic heterocycles. The van der Waals surface area contributed by atoms with Crippen molar-refractivity contribution in [2.75, 3.05) is 13.6 Å². The third-order valence-electron chi connectivity index (χ3n) is 5.53. The zero-order valence-electron chi connectivity index (χ0n) is 19.1. The Balaban J connectivity index is 0.00000342. The van der Waals surface area contributed by atoms with E-state index >= 15 is 0 Å². The molecule has 8 nitrogen and oxygen atoms in total. The zero-order chi connectivity index (χ0) is 24.1. The van der Waals surface area contributed by atoms with Gasteiger partial charge in [0.2, 0.25) is 0 Å². The number of H-pyrrole nitrogens is 1. The van der Waals surface area contributed by atoms with Crippen LogP contribution in [0.5, 0.6) is 0 Å². The number of aromatic amines is 1. The summed E-state index contributed by atoms with van der Waals surface area (Å²) in [4.78, 5) is 16.9. The maximum absolute atomic E-state index is 12.9. The first-order valence-electron chi connectivity index (χ1n) is 10.7. The highest BCUT2D eigenvalue weighted by atomic mass is 35.5. The maximum atomic E-state index is 12.9. The molecule has 0 aliphatic rings. The monoisotopic (exact) mass is 514 g/mol. The molecule has 10 heteroatoms. The highest BCUT2D eigenvalue weighted by Gasteiger charge is 2.16. The van der Waals surface area contributed by atoms with Crippen LogP contribution in [0.1, 0.15) is 16.8 Å². The molecule has 0 radical (unpaired) electrons. The summed E-state index contributed by atoms with van der Waals surface area (Å²) in [6.07, 6.45) is 6.23. The number of hydrogen-bond donors (Lipinski definition) is 3. The number of halogens is 1. The number of hydroxylamine groups is 1. The number of benzene rings is 2. The molecule has 4 rings (SSSR count). The third kappa shape index (κ3) is 6.40. The Morgan fingerprint density at radius 3 is 2.60 bits per heavy atom. The lowest BCUT2D eigenvalue weighted by Crippen LogP contribution is -2.21. The van der Waals surface area contributed by atoms with Crippen molar-refractivity contribution in [3.05, 3.63) is 96.0 Å². The van der Waals surface area contributed by atoms with Crippen LogP contribution in [0.25, 0.3) is 17.0 Å². The average molecular weight is 515 g/mol. The maximum Gasteiger partial charge on any atom is 0.267 e. The Labute approximate surface area is 210 Å². The first-order valence-corrected chi connectivity index (χ1v) is 12.2. The number of rotatable bonds is 9. The molecule has 2 aromatic heterocycles. The summed E-state index contributed by atoms with van der Waals surface area (Å²) >= 11 is 0. The fourth-order valence-electron chi connectivity index (χ4n) is 3.71. The number of para-hydroxylation sites is 1. The van der Waals surface area contributed by atoms with Gasteiger partial charge < -0.3 is 9.88 Å². The molecule has 1 amide bonds. The van der Waals surface area contributed by atoms with E-state index in [1.54, 1.807) is 18.2 Å². The molecule has 0 saturated carbocycles. The lowest BCUT2D eigenvalue weighted by Gasteiger charge is -2.16. The first-order chi connectivity index (χ1) is 16.3. The molecular formula is C25H27ClN4O4S. The summed E-state index contributed by atoms with van der Waals surface area (Å²) in [5, 5.41) is 9.73. The minimum absolute atomic E-state index is 0. The van der Waals surface area contributed by atoms with E-state index in [9.17, 15) is 13.2 Å². The number of fused-ring (bicyclic) bond motifs is 1. The van der Waals surface area contributed by atoms with Crippen molar-refractivity contribution in [3.8, 4) is 0 Å². The van der Waals surface area contributed by atoms with Crippen LogP contribution in [0.4, 0.5) is 0 Å². The molecule has 0 saturated heterocycles. The Bertz CT molecular complexity index is 1390. The molecule has 0 unspecified atom stereocenters. The lowest BCUT2D eigenvalue weighted by atomic mass is 10.2. The number of nitrogens with zero attached hydrogens (tertiary/aromatic N) is 2. The van der Waals surface area contributed by atoms with Gasteiger partial charge in [0.05, 0.1) is 4.90 Å². The van der Waals surface area contributed by atoms with Gasteiger partial charge in [-0.15, -0.1) is 12.4 Å². The van der Waals surface area contributed by atoms with Gasteiger partial charge >= 0.3 is 0 Å². The lowest BCUT2D eigenvalue weighted by molar-refractivity contribution is -0.124. The number of aromatic nitrogens is 2. The van der Waals surface area contributed by atoms with Crippen molar-refractivity contribution >= 4 is 45.3 Å². The topological polar surface area (TPSA) is 107 Å². The van der Waals surface area contributed by atoms with Gasteiger partial charge in [0.25, 0.3) is 15.9 Å². The standard InChI is InChI=1S/C25H26N4O4S.ClH/c1-28(14-13-22-16-21-4-2-3-5-24(21)26-22)17-19-6-9-23(10-7-19)34(32,33)29-15-12-20(18-29)8-11-25(30)27-31;/h2-12,15-16,18,26,31H,13-14,17H2,1H3,(H,27,30);1H/b11-8+;. The van der Waals surface area contributed by atoms with Crippen LogP contribution in [-0.2, 0) is 27.8 Å². The number of nitrogens with one attached hydrogen (secondary N) is 2. The number of likely N-dealkylation sites (N-methyl/N-ethyl adjacent to an activating group) is 1. The SMILES string of the molecule is CN(CCc1cc2ccccc2[nH]1)Cc1ccc(S(=O)(=O)n2ccc(/C=C/C(=O)NO)c2)cc1.Cl. The highest BCUT2D eigenvalue weighted by Crippen LogP contribution is 2.18. The second-order valence-corrected chi connectivity index (χ2v) is 9.95. The van der Waals surface area contributed by atoms with Crippen LogP contribution in [0.3, 0.4) is 0 Å². The van der Waals surface area contributed by atoms with Crippen molar-refractivity contribution in [3.63, 3.8) is 0 Å². The summed E-state index contributed by atoms with van der Waals surface area (Å²) in [5.41, 5.74) is 5.34. The van der Waals surface area contributed by atoms with Crippen molar-refractivity contribution in [1.82, 2.24) is 19.3 Å². The normalized spacial score (nSPS) is 11.7. The van der Waals surface area contributed by atoms with E-state index in [4.69, 9.17) is 5.21 Å². The smallest absolute Gasteiger partial charge is 0.267 e. The Morgan fingerprint density at radius 2 is 1.89 bits per heavy atom. The molecule has 0 spiro atoms. The summed E-state index contributed by atoms with van der Waals surface area (Å²) in [6.45, 7) is 1.56. The van der Waals surface area contributed by atoms with Crippen molar-refractivity contribution < 1.29 is 18.4 Å². The second kappa shape index (κ2) is 11.4. The van der Waals surface area contributed by atoms with Crippen molar-refractivity contribution in [2.24, 2.45) is 0 Å². The number of amides is 1. The predicted octanol–water partition coefficient (Wildman–Crippen LogP) is 3.82. The molecule has 0 atom stereocenters. The second-order valence-electron chi connectivity index (χ2n) is 8.10. The van der Waals surface area contributed by atoms with Crippen LogP contribution >= 0.6 is 12.4 Å². The molecule has 0 aliphatic carbocycles. The van der Waals surface area contributed by atoms with Gasteiger partial charge in [0.1, 0.15) is 0 Å². The van der Waals surface area contributed by atoms with Gasteiger partial charge in [-0.2, -0.15) is 0 Å².